The Morgan fingerprint density at radius 3 is 2.11 bits per heavy atom. The van der Waals surface area contributed by atoms with Gasteiger partial charge in [0.2, 0.25) is 10.0 Å². The van der Waals surface area contributed by atoms with E-state index >= 15 is 0 Å². The van der Waals surface area contributed by atoms with E-state index in [0.29, 0.717) is 13.1 Å². The SMILES string of the molecule is CCN(Cc1ccccc1)C(=O)COC(=O)c1ccc(S(=O)(=O)N(C)C)cc1. The Morgan fingerprint density at radius 1 is 0.964 bits per heavy atom. The highest BCUT2D eigenvalue weighted by Crippen LogP contribution is 2.14. The third-order valence-electron chi connectivity index (χ3n) is 4.15. The van der Waals surface area contributed by atoms with Crippen LogP contribution in [0.5, 0.6) is 0 Å². The number of nitrogens with zero attached hydrogens (tertiary/aromatic N) is 2. The number of benzene rings is 2. The van der Waals surface area contributed by atoms with Crippen LogP contribution < -0.4 is 0 Å². The molecule has 0 saturated carbocycles. The maximum Gasteiger partial charge on any atom is 0.338 e. The summed E-state index contributed by atoms with van der Waals surface area (Å²) in [6, 6.07) is 14.9. The van der Waals surface area contributed by atoms with Crippen LogP contribution >= 0.6 is 0 Å². The molecule has 0 aliphatic carbocycles. The highest BCUT2D eigenvalue weighted by Gasteiger charge is 2.19. The molecule has 0 N–H and O–H groups in total. The van der Waals surface area contributed by atoms with Crippen molar-refractivity contribution >= 4 is 21.9 Å². The lowest BCUT2D eigenvalue weighted by atomic mass is 10.2. The summed E-state index contributed by atoms with van der Waals surface area (Å²) in [7, 11) is -0.712. The smallest absolute Gasteiger partial charge is 0.338 e. The first-order chi connectivity index (χ1) is 13.3. The average molecular weight is 404 g/mol. The predicted octanol–water partition coefficient (Wildman–Crippen LogP) is 2.14. The second-order valence-electron chi connectivity index (χ2n) is 6.28. The van der Waals surface area contributed by atoms with Gasteiger partial charge in [0.1, 0.15) is 0 Å². The van der Waals surface area contributed by atoms with Crippen LogP contribution in [0.25, 0.3) is 0 Å². The first kappa shape index (κ1) is 21.6. The van der Waals surface area contributed by atoms with Gasteiger partial charge in [-0.25, -0.2) is 17.5 Å². The van der Waals surface area contributed by atoms with Gasteiger partial charge in [-0.05, 0) is 36.8 Å². The highest BCUT2D eigenvalue weighted by molar-refractivity contribution is 7.89. The summed E-state index contributed by atoms with van der Waals surface area (Å²) in [5.74, 6) is -0.982. The second-order valence-corrected chi connectivity index (χ2v) is 8.43. The summed E-state index contributed by atoms with van der Waals surface area (Å²) in [5.41, 5.74) is 1.17. The molecule has 8 heteroatoms. The van der Waals surface area contributed by atoms with Crippen molar-refractivity contribution in [2.75, 3.05) is 27.2 Å². The van der Waals surface area contributed by atoms with Crippen LogP contribution in [0.4, 0.5) is 0 Å². The normalized spacial score (nSPS) is 11.3. The average Bonchev–Trinajstić information content (AvgIpc) is 2.70. The zero-order chi connectivity index (χ0) is 20.7. The van der Waals surface area contributed by atoms with E-state index in [1.165, 1.54) is 38.4 Å². The van der Waals surface area contributed by atoms with Crippen LogP contribution in [0.1, 0.15) is 22.8 Å². The third-order valence-corrected chi connectivity index (χ3v) is 5.98. The van der Waals surface area contributed by atoms with Gasteiger partial charge in [0.25, 0.3) is 5.91 Å². The molecule has 0 bridgehead atoms. The van der Waals surface area contributed by atoms with E-state index in [0.717, 1.165) is 9.87 Å². The van der Waals surface area contributed by atoms with E-state index in [1.807, 2.05) is 37.3 Å². The molecule has 0 saturated heterocycles. The van der Waals surface area contributed by atoms with Crippen molar-refractivity contribution in [3.05, 3.63) is 65.7 Å². The van der Waals surface area contributed by atoms with Gasteiger partial charge in [-0.2, -0.15) is 0 Å². The molecule has 2 rings (SSSR count). The van der Waals surface area contributed by atoms with Gasteiger partial charge in [0.05, 0.1) is 10.5 Å². The molecule has 0 unspecified atom stereocenters. The van der Waals surface area contributed by atoms with E-state index in [4.69, 9.17) is 4.74 Å². The monoisotopic (exact) mass is 404 g/mol. The molecule has 0 spiro atoms. The first-order valence-electron chi connectivity index (χ1n) is 8.77. The summed E-state index contributed by atoms with van der Waals surface area (Å²) in [6.45, 7) is 2.40. The molecule has 0 aliphatic heterocycles. The first-order valence-corrected chi connectivity index (χ1v) is 10.2. The third kappa shape index (κ3) is 5.40. The fourth-order valence-corrected chi connectivity index (χ4v) is 3.36. The molecule has 0 atom stereocenters. The lowest BCUT2D eigenvalue weighted by Gasteiger charge is -2.20. The van der Waals surface area contributed by atoms with Gasteiger partial charge >= 0.3 is 5.97 Å². The number of sulfonamides is 1. The molecule has 0 fully saturated rings. The topological polar surface area (TPSA) is 84.0 Å². The summed E-state index contributed by atoms with van der Waals surface area (Å²) in [4.78, 5) is 26.2. The Kier molecular flexibility index (Phi) is 7.31. The zero-order valence-electron chi connectivity index (χ0n) is 16.2. The number of likely N-dealkylation sites (N-methyl/N-ethyl adjacent to an activating group) is 1. The van der Waals surface area contributed by atoms with Gasteiger partial charge < -0.3 is 9.64 Å². The van der Waals surface area contributed by atoms with Crippen LogP contribution in [0, 0.1) is 0 Å². The van der Waals surface area contributed by atoms with Crippen LogP contribution in [0.15, 0.2) is 59.5 Å². The fourth-order valence-electron chi connectivity index (χ4n) is 2.46. The predicted molar refractivity (Wildman–Crippen MR) is 105 cm³/mol. The van der Waals surface area contributed by atoms with Crippen molar-refractivity contribution in [3.63, 3.8) is 0 Å². The van der Waals surface area contributed by atoms with Gasteiger partial charge in [0, 0.05) is 27.2 Å². The molecule has 1 amide bonds. The zero-order valence-corrected chi connectivity index (χ0v) is 17.0. The molecule has 2 aromatic rings. The minimum absolute atomic E-state index is 0.0742. The van der Waals surface area contributed by atoms with Crippen LogP contribution in [0.2, 0.25) is 0 Å². The summed E-state index contributed by atoms with van der Waals surface area (Å²) < 4.78 is 30.3. The minimum atomic E-state index is -3.57. The number of rotatable bonds is 8. The Bertz CT molecular complexity index is 909. The van der Waals surface area contributed by atoms with E-state index < -0.39 is 16.0 Å². The van der Waals surface area contributed by atoms with Crippen molar-refractivity contribution in [3.8, 4) is 0 Å². The number of esters is 1. The van der Waals surface area contributed by atoms with Crippen molar-refractivity contribution in [2.24, 2.45) is 0 Å². The Balaban J connectivity index is 1.96. The summed E-state index contributed by atoms with van der Waals surface area (Å²) >= 11 is 0. The van der Waals surface area contributed by atoms with Crippen molar-refractivity contribution in [1.82, 2.24) is 9.21 Å². The molecule has 2 aromatic carbocycles. The van der Waals surface area contributed by atoms with Crippen molar-refractivity contribution in [2.45, 2.75) is 18.4 Å². The molecule has 7 nitrogen and oxygen atoms in total. The molecule has 28 heavy (non-hydrogen) atoms. The van der Waals surface area contributed by atoms with Gasteiger partial charge in [-0.1, -0.05) is 30.3 Å². The van der Waals surface area contributed by atoms with Crippen LogP contribution in [-0.2, 0) is 26.1 Å². The molecular weight excluding hydrogens is 380 g/mol. The minimum Gasteiger partial charge on any atom is -0.452 e. The maximum atomic E-state index is 12.3. The molecule has 0 aliphatic rings. The maximum absolute atomic E-state index is 12.3. The highest BCUT2D eigenvalue weighted by atomic mass is 32.2. The molecule has 0 aromatic heterocycles. The van der Waals surface area contributed by atoms with E-state index in [1.54, 1.807) is 4.90 Å². The molecule has 0 radical (unpaired) electrons. The van der Waals surface area contributed by atoms with Gasteiger partial charge in [-0.3, -0.25) is 4.79 Å². The molecule has 0 heterocycles. The largest absolute Gasteiger partial charge is 0.452 e. The van der Waals surface area contributed by atoms with E-state index in [2.05, 4.69) is 0 Å². The van der Waals surface area contributed by atoms with Crippen molar-refractivity contribution < 1.29 is 22.7 Å². The summed E-state index contributed by atoms with van der Waals surface area (Å²) in [5, 5.41) is 0. The van der Waals surface area contributed by atoms with Gasteiger partial charge in [-0.15, -0.1) is 0 Å². The number of carbonyl (C=O) groups excluding carboxylic acids is 2. The van der Waals surface area contributed by atoms with Crippen LogP contribution in [0.3, 0.4) is 0 Å². The number of hydrogen-bond acceptors (Lipinski definition) is 5. The lowest BCUT2D eigenvalue weighted by molar-refractivity contribution is -0.134. The number of ether oxygens (including phenoxy) is 1. The Hall–Kier alpha value is -2.71. The van der Waals surface area contributed by atoms with Crippen LogP contribution in [-0.4, -0.2) is 56.7 Å². The standard InChI is InChI=1S/C20H24N2O5S/c1-4-22(14-16-8-6-5-7-9-16)19(23)15-27-20(24)17-10-12-18(13-11-17)28(25,26)21(2)3/h5-13H,4,14-15H2,1-3H3. The van der Waals surface area contributed by atoms with Crippen molar-refractivity contribution in [1.29, 1.82) is 0 Å². The fraction of sp³-hybridized carbons (Fsp3) is 0.300. The number of carbonyl (C=O) groups is 2. The Morgan fingerprint density at radius 2 is 1.57 bits per heavy atom. The molecular formula is C20H24N2O5S. The number of amides is 1. The number of hydrogen-bond donors (Lipinski definition) is 0. The summed E-state index contributed by atoms with van der Waals surface area (Å²) in [6.07, 6.45) is 0. The quantitative estimate of drug-likeness (QED) is 0.630. The lowest BCUT2D eigenvalue weighted by Crippen LogP contribution is -2.34. The Labute approximate surface area is 165 Å². The molecule has 150 valence electrons. The second kappa shape index (κ2) is 9.48. The van der Waals surface area contributed by atoms with E-state index in [9.17, 15) is 18.0 Å². The van der Waals surface area contributed by atoms with Gasteiger partial charge in [0.15, 0.2) is 6.61 Å². The van der Waals surface area contributed by atoms with E-state index in [-0.39, 0.29) is 23.0 Å².